The van der Waals surface area contributed by atoms with Gasteiger partial charge in [0.15, 0.2) is 5.78 Å². The number of Topliss-reactive ketones (excluding diaryl/α,β-unsaturated/α-hetero) is 1. The molecule has 0 radical (unpaired) electrons. The Morgan fingerprint density at radius 1 is 0.931 bits per heavy atom. The number of carbonyl (C=O) groups is 1. The van der Waals surface area contributed by atoms with Gasteiger partial charge in [0.25, 0.3) is 0 Å². The van der Waals surface area contributed by atoms with E-state index in [2.05, 4.69) is 21.7 Å². The van der Waals surface area contributed by atoms with E-state index in [0.29, 0.717) is 5.45 Å². The second-order valence-electron chi connectivity index (χ2n) is 6.64. The third kappa shape index (κ3) is 3.91. The summed E-state index contributed by atoms with van der Waals surface area (Å²) in [7, 11) is 0. The predicted octanol–water partition coefficient (Wildman–Crippen LogP) is 5.98. The number of carbonyl (C=O) groups excluding carboxylic acids is 1. The SMILES string of the molecule is CC(=O)C1=NN(c2ccc(Br)cc2)C(c2ccccc2)=CP1(=S)c1ccccc1. The van der Waals surface area contributed by atoms with Crippen molar-refractivity contribution in [1.82, 2.24) is 0 Å². The van der Waals surface area contributed by atoms with Gasteiger partial charge in [-0.15, -0.1) is 0 Å². The lowest BCUT2D eigenvalue weighted by atomic mass is 10.1. The lowest BCUT2D eigenvalue weighted by molar-refractivity contribution is -0.110. The first kappa shape index (κ1) is 20.0. The third-order valence-corrected chi connectivity index (χ3v) is 9.34. The molecule has 1 heterocycles. The molecular formula is C23H18BrN2OPS. The smallest absolute Gasteiger partial charge is 0.181 e. The van der Waals surface area contributed by atoms with E-state index in [9.17, 15) is 4.79 Å². The van der Waals surface area contributed by atoms with Crippen LogP contribution in [-0.2, 0) is 16.6 Å². The van der Waals surface area contributed by atoms with Gasteiger partial charge in [0.05, 0.1) is 17.4 Å². The number of hydrazone groups is 1. The van der Waals surface area contributed by atoms with Gasteiger partial charge in [-0.05, 0) is 35.4 Å². The lowest BCUT2D eigenvalue weighted by Gasteiger charge is -2.32. The first-order valence-corrected chi connectivity index (χ1v) is 12.7. The Hall–Kier alpha value is -2.33. The van der Waals surface area contributed by atoms with Crippen LogP contribution < -0.4 is 10.3 Å². The van der Waals surface area contributed by atoms with Gasteiger partial charge in [-0.25, -0.2) is 5.01 Å². The molecule has 0 N–H and O–H groups in total. The highest BCUT2D eigenvalue weighted by molar-refractivity contribution is 9.10. The summed E-state index contributed by atoms with van der Waals surface area (Å²) in [5.74, 6) is 1.99. The van der Waals surface area contributed by atoms with Gasteiger partial charge < -0.3 is 0 Å². The zero-order chi connectivity index (χ0) is 20.4. The minimum atomic E-state index is -2.50. The monoisotopic (exact) mass is 480 g/mol. The molecule has 0 bridgehead atoms. The number of hydrogen-bond acceptors (Lipinski definition) is 4. The number of benzene rings is 3. The summed E-state index contributed by atoms with van der Waals surface area (Å²) in [4.78, 5) is 12.6. The van der Waals surface area contributed by atoms with E-state index in [1.165, 1.54) is 0 Å². The van der Waals surface area contributed by atoms with Gasteiger partial charge in [-0.1, -0.05) is 88.4 Å². The average molecular weight is 481 g/mol. The maximum absolute atomic E-state index is 12.6. The minimum absolute atomic E-state index is 0.0948. The van der Waals surface area contributed by atoms with Gasteiger partial charge in [-0.2, -0.15) is 5.10 Å². The Bertz CT molecular complexity index is 1160. The van der Waals surface area contributed by atoms with Crippen LogP contribution in [0, 0.1) is 0 Å². The Balaban J connectivity index is 1.97. The summed E-state index contributed by atoms with van der Waals surface area (Å²) in [6.07, 6.45) is 0. The number of halogens is 1. The summed E-state index contributed by atoms with van der Waals surface area (Å²) in [6, 6.07) is 25.3. The molecule has 0 saturated heterocycles. The molecule has 1 aliphatic heterocycles. The van der Waals surface area contributed by atoms with E-state index < -0.39 is 6.04 Å². The first-order chi connectivity index (χ1) is 14.0. The number of anilines is 1. The Morgan fingerprint density at radius 2 is 1.52 bits per heavy atom. The zero-order valence-corrected chi connectivity index (χ0v) is 19.0. The van der Waals surface area contributed by atoms with E-state index >= 15 is 0 Å². The second kappa shape index (κ2) is 8.19. The standard InChI is InChI=1S/C23H18BrN2OPS/c1-17(27)23-25-26(20-14-12-19(24)13-15-20)22(18-8-4-2-5-9-18)16-28(23,29)21-10-6-3-7-11-21/h2-16H,1H3. The van der Waals surface area contributed by atoms with E-state index in [0.717, 1.165) is 26.7 Å². The number of hydrogen-bond donors (Lipinski definition) is 0. The van der Waals surface area contributed by atoms with Crippen molar-refractivity contribution in [3.05, 3.63) is 101 Å². The fourth-order valence-electron chi connectivity index (χ4n) is 3.24. The molecule has 29 heavy (non-hydrogen) atoms. The highest BCUT2D eigenvalue weighted by Crippen LogP contribution is 2.54. The van der Waals surface area contributed by atoms with Crippen molar-refractivity contribution in [3.63, 3.8) is 0 Å². The van der Waals surface area contributed by atoms with E-state index in [1.807, 2.05) is 89.9 Å². The Labute approximate surface area is 183 Å². The maximum Gasteiger partial charge on any atom is 0.181 e. The molecule has 3 aromatic carbocycles. The number of nitrogens with zero attached hydrogens (tertiary/aromatic N) is 2. The molecule has 1 aliphatic rings. The Morgan fingerprint density at radius 3 is 2.10 bits per heavy atom. The van der Waals surface area contributed by atoms with Crippen LogP contribution in [0.1, 0.15) is 12.5 Å². The van der Waals surface area contributed by atoms with Crippen molar-refractivity contribution < 1.29 is 4.79 Å². The molecular weight excluding hydrogens is 463 g/mol. The molecule has 0 spiro atoms. The van der Waals surface area contributed by atoms with E-state index in [-0.39, 0.29) is 5.78 Å². The van der Waals surface area contributed by atoms with Crippen LogP contribution >= 0.6 is 22.0 Å². The molecule has 0 aliphatic carbocycles. The molecule has 0 saturated carbocycles. The van der Waals surface area contributed by atoms with Crippen LogP contribution in [0.4, 0.5) is 5.69 Å². The average Bonchev–Trinajstić information content (AvgIpc) is 2.75. The van der Waals surface area contributed by atoms with Crippen LogP contribution in [0.2, 0.25) is 0 Å². The summed E-state index contributed by atoms with van der Waals surface area (Å²) < 4.78 is 0.980. The number of rotatable bonds is 4. The molecule has 0 amide bonds. The first-order valence-electron chi connectivity index (χ1n) is 9.08. The molecule has 6 heteroatoms. The van der Waals surface area contributed by atoms with Crippen LogP contribution in [-0.4, -0.2) is 11.2 Å². The van der Waals surface area contributed by atoms with Crippen LogP contribution in [0.25, 0.3) is 5.70 Å². The molecule has 0 fully saturated rings. The summed E-state index contributed by atoms with van der Waals surface area (Å²) >= 11 is 9.65. The summed E-state index contributed by atoms with van der Waals surface area (Å²) in [5, 5.41) is 7.62. The van der Waals surface area contributed by atoms with Gasteiger partial charge in [-0.3, -0.25) is 4.79 Å². The Kier molecular flexibility index (Phi) is 5.64. The largest absolute Gasteiger partial charge is 0.293 e. The second-order valence-corrected chi connectivity index (χ2v) is 11.8. The minimum Gasteiger partial charge on any atom is -0.293 e. The third-order valence-electron chi connectivity index (χ3n) is 4.64. The van der Waals surface area contributed by atoms with Crippen LogP contribution in [0.5, 0.6) is 0 Å². The maximum atomic E-state index is 12.6. The summed E-state index contributed by atoms with van der Waals surface area (Å²) in [6.45, 7) is 1.55. The fourth-order valence-corrected chi connectivity index (χ4v) is 7.09. The predicted molar refractivity (Wildman–Crippen MR) is 130 cm³/mol. The van der Waals surface area contributed by atoms with Gasteiger partial charge >= 0.3 is 0 Å². The normalized spacial score (nSPS) is 18.8. The van der Waals surface area contributed by atoms with Crippen molar-refractivity contribution in [2.75, 3.05) is 5.01 Å². The molecule has 144 valence electrons. The van der Waals surface area contributed by atoms with Crippen molar-refractivity contribution >= 4 is 61.7 Å². The molecule has 1 unspecified atom stereocenters. The van der Waals surface area contributed by atoms with Crippen molar-refractivity contribution in [2.45, 2.75) is 6.92 Å². The van der Waals surface area contributed by atoms with E-state index in [4.69, 9.17) is 16.9 Å². The van der Waals surface area contributed by atoms with Gasteiger partial charge in [0.1, 0.15) is 5.45 Å². The molecule has 0 aromatic heterocycles. The van der Waals surface area contributed by atoms with Gasteiger partial charge in [0.2, 0.25) is 0 Å². The lowest BCUT2D eigenvalue weighted by Crippen LogP contribution is -2.28. The molecule has 3 aromatic rings. The topological polar surface area (TPSA) is 32.7 Å². The van der Waals surface area contributed by atoms with Crippen molar-refractivity contribution in [1.29, 1.82) is 0 Å². The van der Waals surface area contributed by atoms with E-state index in [1.54, 1.807) is 6.92 Å². The highest BCUT2D eigenvalue weighted by atomic mass is 79.9. The molecule has 3 nitrogen and oxygen atoms in total. The highest BCUT2D eigenvalue weighted by Gasteiger charge is 2.34. The fraction of sp³-hybridized carbons (Fsp3) is 0.0435. The zero-order valence-electron chi connectivity index (χ0n) is 15.7. The molecule has 4 rings (SSSR count). The number of ketones is 1. The van der Waals surface area contributed by atoms with Crippen LogP contribution in [0.15, 0.2) is 100 Å². The molecule has 1 atom stereocenters. The van der Waals surface area contributed by atoms with Gasteiger partial charge in [0, 0.05) is 17.0 Å². The van der Waals surface area contributed by atoms with Crippen LogP contribution in [0.3, 0.4) is 0 Å². The van der Waals surface area contributed by atoms with Crippen molar-refractivity contribution in [3.8, 4) is 0 Å². The quantitative estimate of drug-likeness (QED) is 0.430. The van der Waals surface area contributed by atoms with Crippen molar-refractivity contribution in [2.24, 2.45) is 5.10 Å². The summed E-state index contributed by atoms with van der Waals surface area (Å²) in [5.41, 5.74) is 3.22.